The number of aromatic nitrogens is 3. The molecule has 0 atom stereocenters. The Morgan fingerprint density at radius 3 is 2.71 bits per heavy atom. The van der Waals surface area contributed by atoms with Gasteiger partial charge in [-0.3, -0.25) is 4.79 Å². The van der Waals surface area contributed by atoms with Crippen LogP contribution in [0, 0.1) is 0 Å². The van der Waals surface area contributed by atoms with E-state index in [1.54, 1.807) is 16.8 Å². The lowest BCUT2D eigenvalue weighted by molar-refractivity contribution is 0.0927. The maximum atomic E-state index is 12.4. The summed E-state index contributed by atoms with van der Waals surface area (Å²) in [6, 6.07) is 18.9. The average molecular weight is 539 g/mol. The van der Waals surface area contributed by atoms with E-state index in [0.29, 0.717) is 35.1 Å². The molecule has 0 spiro atoms. The number of rotatable bonds is 8. The van der Waals surface area contributed by atoms with Gasteiger partial charge in [0.2, 0.25) is 0 Å². The maximum absolute atomic E-state index is 12.4. The summed E-state index contributed by atoms with van der Waals surface area (Å²) in [6.07, 6.45) is 3.39. The van der Waals surface area contributed by atoms with Crippen LogP contribution in [0.1, 0.15) is 23.4 Å². The van der Waals surface area contributed by atoms with E-state index < -0.39 is 0 Å². The van der Waals surface area contributed by atoms with Gasteiger partial charge in [-0.15, -0.1) is 0 Å². The largest absolute Gasteiger partial charge is 0.451 e. The van der Waals surface area contributed by atoms with Crippen molar-refractivity contribution >= 4 is 55.9 Å². The summed E-state index contributed by atoms with van der Waals surface area (Å²) in [5.74, 6) is 0.942. The average Bonchev–Trinajstić information content (AvgIpc) is 3.45. The Balaban J connectivity index is 1.19. The highest BCUT2D eigenvalue weighted by Crippen LogP contribution is 2.30. The Hall–Kier alpha value is -3.36. The van der Waals surface area contributed by atoms with Crippen LogP contribution in [-0.2, 0) is 0 Å². The van der Waals surface area contributed by atoms with Gasteiger partial charge in [-0.05, 0) is 47.0 Å². The summed E-state index contributed by atoms with van der Waals surface area (Å²) < 4.78 is 8.17. The number of anilines is 1. The molecule has 2 N–H and O–H groups in total. The van der Waals surface area contributed by atoms with Crippen molar-refractivity contribution in [2.45, 2.75) is 12.8 Å². The molecule has 9 heteroatoms. The molecule has 1 amide bonds. The third kappa shape index (κ3) is 4.64. The van der Waals surface area contributed by atoms with Crippen LogP contribution in [-0.4, -0.2) is 33.6 Å². The van der Waals surface area contributed by atoms with Gasteiger partial charge in [-0.2, -0.15) is 9.61 Å². The summed E-state index contributed by atoms with van der Waals surface area (Å²) >= 11 is 9.91. The summed E-state index contributed by atoms with van der Waals surface area (Å²) in [5.41, 5.74) is 3.04. The number of furan rings is 1. The molecule has 0 aliphatic rings. The van der Waals surface area contributed by atoms with Crippen LogP contribution in [0.4, 0.5) is 5.82 Å². The number of benzene rings is 2. The molecular formula is C25H21BrClN5O2. The van der Waals surface area contributed by atoms with Gasteiger partial charge in [0.1, 0.15) is 11.4 Å². The molecule has 3 heterocycles. The second-order valence-corrected chi connectivity index (χ2v) is 9.03. The summed E-state index contributed by atoms with van der Waals surface area (Å²) in [7, 11) is 0. The number of hydrogen-bond donors (Lipinski definition) is 2. The zero-order chi connectivity index (χ0) is 23.5. The molecule has 0 fully saturated rings. The molecule has 0 radical (unpaired) electrons. The third-order valence-electron chi connectivity index (χ3n) is 5.42. The Morgan fingerprint density at radius 1 is 1.06 bits per heavy atom. The van der Waals surface area contributed by atoms with Gasteiger partial charge in [0.15, 0.2) is 11.4 Å². The minimum Gasteiger partial charge on any atom is -0.451 e. The van der Waals surface area contributed by atoms with Crippen LogP contribution in [0.25, 0.3) is 27.9 Å². The molecule has 0 unspecified atom stereocenters. The number of halogens is 2. The normalized spacial score (nSPS) is 11.2. The first-order valence-corrected chi connectivity index (χ1v) is 12.1. The van der Waals surface area contributed by atoms with Crippen LogP contribution < -0.4 is 10.6 Å². The summed E-state index contributed by atoms with van der Waals surface area (Å²) in [5, 5.41) is 12.3. The molecule has 0 aliphatic carbocycles. The highest BCUT2D eigenvalue weighted by Gasteiger charge is 2.14. The maximum Gasteiger partial charge on any atom is 0.287 e. The monoisotopic (exact) mass is 537 g/mol. The van der Waals surface area contributed by atoms with E-state index in [1.807, 2.05) is 54.6 Å². The second kappa shape index (κ2) is 9.87. The minimum absolute atomic E-state index is 0.203. The number of nitrogens with zero attached hydrogens (tertiary/aromatic N) is 3. The lowest BCUT2D eigenvalue weighted by atomic mass is 10.1. The Morgan fingerprint density at radius 2 is 1.85 bits per heavy atom. The third-order valence-corrected chi connectivity index (χ3v) is 6.31. The number of carbonyl (C=O) groups excluding carboxylic acids is 1. The molecule has 7 nitrogen and oxygen atoms in total. The van der Waals surface area contributed by atoms with Gasteiger partial charge in [-0.25, -0.2) is 4.98 Å². The van der Waals surface area contributed by atoms with Gasteiger partial charge < -0.3 is 15.1 Å². The molecular weight excluding hydrogens is 518 g/mol. The number of nitrogens with one attached hydrogen (secondary N) is 2. The molecule has 0 aliphatic heterocycles. The standard InChI is InChI=1S/C25H21BrClN5O2/c26-18-15-30-32-23(14-20(31-24(18)32)17-8-2-3-9-19(17)27)28-11-5-6-12-29-25(33)22-13-16-7-1-4-10-21(16)34-22/h1-4,7-10,13-15,28H,5-6,11-12H2,(H,29,33). The first-order chi connectivity index (χ1) is 16.6. The molecule has 34 heavy (non-hydrogen) atoms. The van der Waals surface area contributed by atoms with E-state index in [9.17, 15) is 4.79 Å². The molecule has 172 valence electrons. The molecule has 3 aromatic heterocycles. The number of hydrogen-bond acceptors (Lipinski definition) is 5. The summed E-state index contributed by atoms with van der Waals surface area (Å²) in [6.45, 7) is 1.26. The van der Waals surface area contributed by atoms with E-state index in [2.05, 4.69) is 31.7 Å². The van der Waals surface area contributed by atoms with E-state index in [4.69, 9.17) is 21.0 Å². The lowest BCUT2D eigenvalue weighted by Crippen LogP contribution is -2.24. The Bertz CT molecular complexity index is 1450. The van der Waals surface area contributed by atoms with Gasteiger partial charge in [0, 0.05) is 35.1 Å². The van der Waals surface area contributed by atoms with Crippen molar-refractivity contribution in [2.75, 3.05) is 18.4 Å². The molecule has 5 rings (SSSR count). The first-order valence-electron chi connectivity index (χ1n) is 10.9. The van der Waals surface area contributed by atoms with E-state index in [-0.39, 0.29) is 5.91 Å². The highest BCUT2D eigenvalue weighted by molar-refractivity contribution is 9.10. The van der Waals surface area contributed by atoms with Crippen molar-refractivity contribution in [3.8, 4) is 11.3 Å². The van der Waals surface area contributed by atoms with Crippen molar-refractivity contribution in [1.29, 1.82) is 0 Å². The van der Waals surface area contributed by atoms with E-state index >= 15 is 0 Å². The van der Waals surface area contributed by atoms with Gasteiger partial charge >= 0.3 is 0 Å². The zero-order valence-corrected chi connectivity index (χ0v) is 20.4. The minimum atomic E-state index is -0.203. The number of fused-ring (bicyclic) bond motifs is 2. The number of amides is 1. The molecule has 0 saturated carbocycles. The quantitative estimate of drug-likeness (QED) is 0.230. The topological polar surface area (TPSA) is 84.5 Å². The van der Waals surface area contributed by atoms with Crippen LogP contribution in [0.5, 0.6) is 0 Å². The van der Waals surface area contributed by atoms with Crippen LogP contribution in [0.3, 0.4) is 0 Å². The smallest absolute Gasteiger partial charge is 0.287 e. The van der Waals surface area contributed by atoms with Crippen molar-refractivity contribution in [3.05, 3.63) is 82.1 Å². The number of unbranched alkanes of at least 4 members (excludes halogenated alkanes) is 1. The van der Waals surface area contributed by atoms with Gasteiger partial charge in [0.25, 0.3) is 5.91 Å². The fourth-order valence-corrected chi connectivity index (χ4v) is 4.30. The predicted molar refractivity (Wildman–Crippen MR) is 137 cm³/mol. The predicted octanol–water partition coefficient (Wildman–Crippen LogP) is 6.18. The molecule has 0 saturated heterocycles. The second-order valence-electron chi connectivity index (χ2n) is 7.77. The van der Waals surface area contributed by atoms with Gasteiger partial charge in [0.05, 0.1) is 16.4 Å². The fourth-order valence-electron chi connectivity index (χ4n) is 3.72. The lowest BCUT2D eigenvalue weighted by Gasteiger charge is -2.11. The molecule has 5 aromatic rings. The van der Waals surface area contributed by atoms with Crippen molar-refractivity contribution in [1.82, 2.24) is 19.9 Å². The molecule has 0 bridgehead atoms. The number of carbonyl (C=O) groups is 1. The first kappa shape index (κ1) is 22.4. The van der Waals surface area contributed by atoms with Crippen LogP contribution in [0.2, 0.25) is 5.02 Å². The SMILES string of the molecule is O=C(NCCCCNc1cc(-c2ccccc2Cl)nc2c(Br)cnn12)c1cc2ccccc2o1. The van der Waals surface area contributed by atoms with E-state index in [0.717, 1.165) is 39.8 Å². The van der Waals surface area contributed by atoms with Crippen LogP contribution in [0.15, 0.2) is 75.8 Å². The van der Waals surface area contributed by atoms with Crippen LogP contribution >= 0.6 is 27.5 Å². The van der Waals surface area contributed by atoms with Crippen molar-refractivity contribution < 1.29 is 9.21 Å². The Labute approximate surface area is 209 Å². The van der Waals surface area contributed by atoms with Crippen molar-refractivity contribution in [3.63, 3.8) is 0 Å². The highest BCUT2D eigenvalue weighted by atomic mass is 79.9. The van der Waals surface area contributed by atoms with E-state index in [1.165, 1.54) is 0 Å². The zero-order valence-electron chi connectivity index (χ0n) is 18.1. The number of para-hydroxylation sites is 1. The summed E-state index contributed by atoms with van der Waals surface area (Å²) in [4.78, 5) is 17.1. The van der Waals surface area contributed by atoms with Crippen molar-refractivity contribution in [2.24, 2.45) is 0 Å². The Kier molecular flexibility index (Phi) is 6.51. The fraction of sp³-hybridized carbons (Fsp3) is 0.160. The molecule has 2 aromatic carbocycles. The van der Waals surface area contributed by atoms with Gasteiger partial charge in [-0.1, -0.05) is 48.0 Å².